The third kappa shape index (κ3) is 5.05. The molecule has 0 amide bonds. The number of aryl methyl sites for hydroxylation is 1. The first-order chi connectivity index (χ1) is 16.1. The van der Waals surface area contributed by atoms with E-state index in [4.69, 9.17) is 0 Å². The molecule has 0 radical (unpaired) electrons. The second-order valence-corrected chi connectivity index (χ2v) is 9.98. The quantitative estimate of drug-likeness (QED) is 0.419. The van der Waals surface area contributed by atoms with Gasteiger partial charge in [-0.1, -0.05) is 37.8 Å². The van der Waals surface area contributed by atoms with E-state index in [-0.39, 0.29) is 23.4 Å². The highest BCUT2D eigenvalue weighted by Gasteiger charge is 2.33. The SMILES string of the molecule is C=CC[C@H](C)c1nnc(NS(=O)(=O)[C@@H](C)[C@@H](O)c2ncc(C)cn2)n1-c1c(F)cccc1C=C. The molecular formula is C23H27FN6O3S. The highest BCUT2D eigenvalue weighted by Crippen LogP contribution is 2.30. The van der Waals surface area contributed by atoms with Gasteiger partial charge in [-0.15, -0.1) is 16.8 Å². The lowest BCUT2D eigenvalue weighted by Crippen LogP contribution is -2.32. The molecule has 0 aliphatic rings. The number of nitrogens with one attached hydrogen (secondary N) is 1. The Morgan fingerprint density at radius 2 is 1.88 bits per heavy atom. The zero-order valence-corrected chi connectivity index (χ0v) is 20.0. The van der Waals surface area contributed by atoms with Crippen molar-refractivity contribution in [1.82, 2.24) is 24.7 Å². The normalized spacial score (nSPS) is 14.3. The summed E-state index contributed by atoms with van der Waals surface area (Å²) in [6.45, 7) is 12.4. The lowest BCUT2D eigenvalue weighted by atomic mass is 10.1. The minimum absolute atomic E-state index is 0.0340. The summed E-state index contributed by atoms with van der Waals surface area (Å²) in [6.07, 6.45) is 5.10. The number of para-hydroxylation sites is 1. The molecule has 0 aliphatic heterocycles. The highest BCUT2D eigenvalue weighted by molar-refractivity contribution is 7.93. The number of benzene rings is 1. The molecule has 0 fully saturated rings. The smallest absolute Gasteiger partial charge is 0.243 e. The Labute approximate surface area is 198 Å². The predicted octanol–water partition coefficient (Wildman–Crippen LogP) is 3.69. The van der Waals surface area contributed by atoms with E-state index < -0.39 is 27.2 Å². The van der Waals surface area contributed by atoms with Gasteiger partial charge < -0.3 is 5.11 Å². The van der Waals surface area contributed by atoms with Gasteiger partial charge in [0.2, 0.25) is 16.0 Å². The monoisotopic (exact) mass is 486 g/mol. The van der Waals surface area contributed by atoms with Crippen LogP contribution in [0.15, 0.2) is 49.8 Å². The topological polar surface area (TPSA) is 123 Å². The van der Waals surface area contributed by atoms with Crippen molar-refractivity contribution >= 4 is 22.0 Å². The Bertz CT molecular complexity index is 1290. The van der Waals surface area contributed by atoms with Crippen LogP contribution in [0, 0.1) is 12.7 Å². The maximum absolute atomic E-state index is 15.0. The molecule has 3 aromatic rings. The van der Waals surface area contributed by atoms with Gasteiger partial charge in [-0.3, -0.25) is 9.29 Å². The van der Waals surface area contributed by atoms with Gasteiger partial charge in [0.05, 0.1) is 5.69 Å². The minimum Gasteiger partial charge on any atom is -0.384 e. The van der Waals surface area contributed by atoms with Crippen LogP contribution < -0.4 is 4.72 Å². The molecule has 11 heteroatoms. The van der Waals surface area contributed by atoms with Crippen molar-refractivity contribution in [3.63, 3.8) is 0 Å². The molecule has 3 atom stereocenters. The maximum atomic E-state index is 15.0. The molecule has 1 aromatic carbocycles. The number of aromatic nitrogens is 5. The van der Waals surface area contributed by atoms with Crippen LogP contribution in [0.1, 0.15) is 55.1 Å². The lowest BCUT2D eigenvalue weighted by Gasteiger charge is -2.20. The summed E-state index contributed by atoms with van der Waals surface area (Å²) in [5, 5.41) is 17.4. The second-order valence-electron chi connectivity index (χ2n) is 7.94. The van der Waals surface area contributed by atoms with Gasteiger partial charge in [0, 0.05) is 23.9 Å². The van der Waals surface area contributed by atoms with Gasteiger partial charge >= 0.3 is 0 Å². The summed E-state index contributed by atoms with van der Waals surface area (Å²) < 4.78 is 45.0. The number of halogens is 1. The van der Waals surface area contributed by atoms with Gasteiger partial charge in [-0.05, 0) is 31.9 Å². The number of allylic oxidation sites excluding steroid dienone is 1. The molecule has 0 saturated carbocycles. The summed E-state index contributed by atoms with van der Waals surface area (Å²) in [4.78, 5) is 8.02. The van der Waals surface area contributed by atoms with Crippen LogP contribution in [-0.2, 0) is 10.0 Å². The predicted molar refractivity (Wildman–Crippen MR) is 128 cm³/mol. The molecule has 9 nitrogen and oxygen atoms in total. The van der Waals surface area contributed by atoms with Gasteiger partial charge in [0.15, 0.2) is 5.82 Å². The minimum atomic E-state index is -4.23. The summed E-state index contributed by atoms with van der Waals surface area (Å²) in [6, 6.07) is 4.42. The number of aliphatic hydroxyl groups is 1. The van der Waals surface area contributed by atoms with Crippen molar-refractivity contribution in [3.05, 3.63) is 78.4 Å². The number of hydrogen-bond donors (Lipinski definition) is 2. The first kappa shape index (κ1) is 25.2. The summed E-state index contributed by atoms with van der Waals surface area (Å²) in [5.74, 6) is -0.771. The Kier molecular flexibility index (Phi) is 7.57. The van der Waals surface area contributed by atoms with Crippen LogP contribution in [0.4, 0.5) is 10.3 Å². The molecule has 34 heavy (non-hydrogen) atoms. The summed E-state index contributed by atoms with van der Waals surface area (Å²) >= 11 is 0. The molecule has 0 aliphatic carbocycles. The molecule has 0 spiro atoms. The van der Waals surface area contributed by atoms with E-state index in [2.05, 4.69) is 38.0 Å². The van der Waals surface area contributed by atoms with E-state index in [1.165, 1.54) is 42.1 Å². The van der Waals surface area contributed by atoms with Gasteiger partial charge in [0.1, 0.15) is 23.0 Å². The van der Waals surface area contributed by atoms with E-state index in [0.717, 1.165) is 5.56 Å². The Balaban J connectivity index is 2.07. The van der Waals surface area contributed by atoms with Crippen molar-refractivity contribution in [3.8, 4) is 5.69 Å². The molecule has 3 rings (SSSR count). The Morgan fingerprint density at radius 1 is 1.21 bits per heavy atom. The third-order valence-electron chi connectivity index (χ3n) is 5.34. The number of anilines is 1. The fourth-order valence-corrected chi connectivity index (χ4v) is 4.38. The molecule has 2 N–H and O–H groups in total. The average Bonchev–Trinajstić information content (AvgIpc) is 3.20. The highest BCUT2D eigenvalue weighted by atomic mass is 32.2. The Morgan fingerprint density at radius 3 is 2.50 bits per heavy atom. The first-order valence-electron chi connectivity index (χ1n) is 10.6. The molecule has 2 heterocycles. The maximum Gasteiger partial charge on any atom is 0.243 e. The number of nitrogens with zero attached hydrogens (tertiary/aromatic N) is 5. The van der Waals surface area contributed by atoms with Crippen molar-refractivity contribution in [2.45, 2.75) is 44.5 Å². The number of hydrogen-bond acceptors (Lipinski definition) is 7. The van der Waals surface area contributed by atoms with Crippen LogP contribution >= 0.6 is 0 Å². The van der Waals surface area contributed by atoms with E-state index in [1.807, 2.05) is 6.92 Å². The zero-order valence-electron chi connectivity index (χ0n) is 19.2. The standard InChI is InChI=1S/C23H27FN6O3S/c1-6-9-15(4)22-27-28-23(30(22)19-17(7-2)10-8-11-18(19)24)29-34(32,33)16(5)20(31)21-25-12-14(3)13-26-21/h6-8,10-13,15-16,20,31H,1-2,9H2,3-5H3,(H,28,29)/t15-,16-,20+/m0/s1. The molecule has 0 unspecified atom stereocenters. The Hall–Kier alpha value is -3.44. The van der Waals surface area contributed by atoms with Gasteiger partial charge in [0.25, 0.3) is 0 Å². The van der Waals surface area contributed by atoms with Gasteiger partial charge in [-0.25, -0.2) is 22.8 Å². The summed E-state index contributed by atoms with van der Waals surface area (Å²) in [7, 11) is -4.23. The molecule has 0 saturated heterocycles. The number of rotatable bonds is 10. The van der Waals surface area contributed by atoms with Gasteiger partial charge in [-0.2, -0.15) is 0 Å². The van der Waals surface area contributed by atoms with E-state index in [9.17, 15) is 13.5 Å². The van der Waals surface area contributed by atoms with E-state index >= 15 is 4.39 Å². The first-order valence-corrected chi connectivity index (χ1v) is 12.1. The van der Waals surface area contributed by atoms with E-state index in [0.29, 0.717) is 17.8 Å². The fraction of sp³-hybridized carbons (Fsp3) is 0.304. The third-order valence-corrected chi connectivity index (χ3v) is 7.05. The second kappa shape index (κ2) is 10.2. The van der Waals surface area contributed by atoms with Crippen molar-refractivity contribution in [2.75, 3.05) is 4.72 Å². The fourth-order valence-electron chi connectivity index (χ4n) is 3.35. The summed E-state index contributed by atoms with van der Waals surface area (Å²) in [5.41, 5.74) is 1.25. The largest absolute Gasteiger partial charge is 0.384 e. The number of sulfonamides is 1. The van der Waals surface area contributed by atoms with Crippen LogP contribution in [0.5, 0.6) is 0 Å². The van der Waals surface area contributed by atoms with Crippen LogP contribution in [0.3, 0.4) is 0 Å². The number of aliphatic hydroxyl groups excluding tert-OH is 1. The zero-order chi connectivity index (χ0) is 25.0. The molecule has 2 aromatic heterocycles. The van der Waals surface area contributed by atoms with Crippen molar-refractivity contribution in [1.29, 1.82) is 0 Å². The molecule has 180 valence electrons. The average molecular weight is 487 g/mol. The van der Waals surface area contributed by atoms with Crippen molar-refractivity contribution < 1.29 is 17.9 Å². The van der Waals surface area contributed by atoms with Crippen LogP contribution in [0.25, 0.3) is 11.8 Å². The molecule has 0 bridgehead atoms. The van der Waals surface area contributed by atoms with Crippen LogP contribution in [-0.4, -0.2) is 43.5 Å². The van der Waals surface area contributed by atoms with Crippen LogP contribution in [0.2, 0.25) is 0 Å². The van der Waals surface area contributed by atoms with Crippen molar-refractivity contribution in [2.24, 2.45) is 0 Å². The molecular weight excluding hydrogens is 459 g/mol. The lowest BCUT2D eigenvalue weighted by molar-refractivity contribution is 0.166. The van der Waals surface area contributed by atoms with E-state index in [1.54, 1.807) is 19.1 Å².